The molecule has 1 aromatic heterocycles. The average Bonchev–Trinajstić information content (AvgIpc) is 3.16. The predicted octanol–water partition coefficient (Wildman–Crippen LogP) is 1.89. The van der Waals surface area contributed by atoms with Gasteiger partial charge in [0.05, 0.1) is 18.8 Å². The summed E-state index contributed by atoms with van der Waals surface area (Å²) in [5.74, 6) is 0.702. The molecule has 2 aromatic rings. The van der Waals surface area contributed by atoms with E-state index in [1.54, 1.807) is 12.0 Å². The van der Waals surface area contributed by atoms with Gasteiger partial charge in [0.15, 0.2) is 0 Å². The largest absolute Gasteiger partial charge is 0.497 e. The van der Waals surface area contributed by atoms with Crippen LogP contribution in [0, 0.1) is 13.8 Å². The number of carbonyl (C=O) groups excluding carboxylic acids is 2. The number of aromatic nitrogens is 2. The van der Waals surface area contributed by atoms with Crippen molar-refractivity contribution in [1.82, 2.24) is 15.5 Å². The maximum Gasteiger partial charge on any atom is 0.229 e. The van der Waals surface area contributed by atoms with Gasteiger partial charge in [-0.3, -0.25) is 14.7 Å². The fraction of sp³-hybridized carbons (Fsp3) is 0.421. The number of amides is 2. The molecular formula is C19H24N4O3. The topological polar surface area (TPSA) is 87.3 Å². The summed E-state index contributed by atoms with van der Waals surface area (Å²) in [7, 11) is 1.60. The molecule has 2 heterocycles. The van der Waals surface area contributed by atoms with Gasteiger partial charge in [0, 0.05) is 37.2 Å². The number of anilines is 1. The van der Waals surface area contributed by atoms with Crippen LogP contribution in [0.2, 0.25) is 0 Å². The number of nitrogens with one attached hydrogen (secondary N) is 2. The van der Waals surface area contributed by atoms with Crippen molar-refractivity contribution >= 4 is 17.5 Å². The zero-order valence-corrected chi connectivity index (χ0v) is 15.3. The molecule has 0 radical (unpaired) electrons. The van der Waals surface area contributed by atoms with E-state index in [1.165, 1.54) is 0 Å². The van der Waals surface area contributed by atoms with Crippen LogP contribution in [0.3, 0.4) is 0 Å². The minimum Gasteiger partial charge on any atom is -0.497 e. The lowest BCUT2D eigenvalue weighted by Crippen LogP contribution is -2.37. The van der Waals surface area contributed by atoms with Crippen molar-refractivity contribution in [3.8, 4) is 5.75 Å². The molecule has 2 amide bonds. The Balaban J connectivity index is 1.53. The fourth-order valence-corrected chi connectivity index (χ4v) is 3.13. The Kier molecular flexibility index (Phi) is 5.25. The monoisotopic (exact) mass is 356 g/mol. The summed E-state index contributed by atoms with van der Waals surface area (Å²) in [5.41, 5.74) is 3.85. The number of hydrogen-bond donors (Lipinski definition) is 2. The number of nitrogens with zero attached hydrogens (tertiary/aromatic N) is 2. The molecule has 0 saturated carbocycles. The minimum atomic E-state index is -0.167. The third-order valence-corrected chi connectivity index (χ3v) is 4.82. The SMILES string of the molecule is COc1ccc(N2C[C@H](NC(=O)CCc3n[nH]c(C)c3C)CC2=O)cc1. The molecule has 3 rings (SSSR count). The van der Waals surface area contributed by atoms with E-state index in [-0.39, 0.29) is 17.9 Å². The maximum absolute atomic E-state index is 12.3. The second-order valence-corrected chi connectivity index (χ2v) is 6.59. The normalized spacial score (nSPS) is 16.8. The van der Waals surface area contributed by atoms with Crippen LogP contribution in [0.25, 0.3) is 0 Å². The lowest BCUT2D eigenvalue weighted by atomic mass is 10.1. The van der Waals surface area contributed by atoms with Crippen molar-refractivity contribution < 1.29 is 14.3 Å². The smallest absolute Gasteiger partial charge is 0.229 e. The third kappa shape index (κ3) is 3.87. The Morgan fingerprint density at radius 3 is 2.69 bits per heavy atom. The van der Waals surface area contributed by atoms with Crippen molar-refractivity contribution in [2.24, 2.45) is 0 Å². The molecule has 0 bridgehead atoms. The summed E-state index contributed by atoms with van der Waals surface area (Å²) < 4.78 is 5.14. The van der Waals surface area contributed by atoms with E-state index in [9.17, 15) is 9.59 Å². The quantitative estimate of drug-likeness (QED) is 0.827. The lowest BCUT2D eigenvalue weighted by Gasteiger charge is -2.17. The van der Waals surface area contributed by atoms with Crippen LogP contribution >= 0.6 is 0 Å². The first-order chi connectivity index (χ1) is 12.5. The summed E-state index contributed by atoms with van der Waals surface area (Å²) in [4.78, 5) is 26.2. The molecule has 0 aliphatic carbocycles. The first-order valence-corrected chi connectivity index (χ1v) is 8.72. The van der Waals surface area contributed by atoms with Crippen LogP contribution in [0.1, 0.15) is 29.8 Å². The summed E-state index contributed by atoms with van der Waals surface area (Å²) in [6.07, 6.45) is 1.27. The molecule has 1 atom stereocenters. The number of ether oxygens (including phenoxy) is 1. The van der Waals surface area contributed by atoms with Gasteiger partial charge < -0.3 is 15.0 Å². The summed E-state index contributed by atoms with van der Waals surface area (Å²) >= 11 is 0. The molecular weight excluding hydrogens is 332 g/mol. The first kappa shape index (κ1) is 18.0. The Labute approximate surface area is 152 Å². The van der Waals surface area contributed by atoms with E-state index in [0.29, 0.717) is 25.8 Å². The average molecular weight is 356 g/mol. The molecule has 0 spiro atoms. The van der Waals surface area contributed by atoms with Crippen LogP contribution in [-0.2, 0) is 16.0 Å². The molecule has 1 aromatic carbocycles. The van der Waals surface area contributed by atoms with Crippen LogP contribution in [0.15, 0.2) is 24.3 Å². The van der Waals surface area contributed by atoms with E-state index in [2.05, 4.69) is 15.5 Å². The zero-order valence-electron chi connectivity index (χ0n) is 15.3. The Bertz CT molecular complexity index is 798. The van der Waals surface area contributed by atoms with Gasteiger partial charge >= 0.3 is 0 Å². The molecule has 1 aliphatic rings. The number of hydrogen-bond acceptors (Lipinski definition) is 4. The first-order valence-electron chi connectivity index (χ1n) is 8.72. The van der Waals surface area contributed by atoms with Crippen LogP contribution in [0.5, 0.6) is 5.75 Å². The number of aryl methyl sites for hydroxylation is 2. The second kappa shape index (κ2) is 7.59. The van der Waals surface area contributed by atoms with Gasteiger partial charge in [0.2, 0.25) is 11.8 Å². The van der Waals surface area contributed by atoms with E-state index >= 15 is 0 Å². The highest BCUT2D eigenvalue weighted by atomic mass is 16.5. The van der Waals surface area contributed by atoms with E-state index in [0.717, 1.165) is 28.4 Å². The molecule has 7 nitrogen and oxygen atoms in total. The standard InChI is InChI=1S/C19H24N4O3/c1-12-13(2)21-22-17(12)8-9-18(24)20-14-10-19(25)23(11-14)15-4-6-16(26-3)7-5-15/h4-7,14H,8-11H2,1-3H3,(H,20,24)(H,21,22)/t14-/m1/s1. The van der Waals surface area contributed by atoms with E-state index in [4.69, 9.17) is 4.74 Å². The van der Waals surface area contributed by atoms with E-state index in [1.807, 2.05) is 38.1 Å². The fourth-order valence-electron chi connectivity index (χ4n) is 3.13. The summed E-state index contributed by atoms with van der Waals surface area (Å²) in [6, 6.07) is 7.18. The number of methoxy groups -OCH3 is 1. The number of rotatable bonds is 6. The lowest BCUT2D eigenvalue weighted by molar-refractivity contribution is -0.121. The third-order valence-electron chi connectivity index (χ3n) is 4.82. The van der Waals surface area contributed by atoms with Crippen LogP contribution in [-0.4, -0.2) is 41.7 Å². The zero-order chi connectivity index (χ0) is 18.7. The van der Waals surface area contributed by atoms with Gasteiger partial charge in [-0.2, -0.15) is 5.10 Å². The molecule has 7 heteroatoms. The van der Waals surface area contributed by atoms with Crippen molar-refractivity contribution in [1.29, 1.82) is 0 Å². The van der Waals surface area contributed by atoms with Gasteiger partial charge in [-0.05, 0) is 43.7 Å². The second-order valence-electron chi connectivity index (χ2n) is 6.59. The van der Waals surface area contributed by atoms with E-state index < -0.39 is 0 Å². The molecule has 2 N–H and O–H groups in total. The van der Waals surface area contributed by atoms with Crippen LogP contribution < -0.4 is 15.0 Å². The Hall–Kier alpha value is -2.83. The summed E-state index contributed by atoms with van der Waals surface area (Å²) in [5, 5.41) is 10.1. The van der Waals surface area contributed by atoms with Gasteiger partial charge in [-0.1, -0.05) is 0 Å². The highest BCUT2D eigenvalue weighted by molar-refractivity contribution is 5.96. The Morgan fingerprint density at radius 2 is 2.08 bits per heavy atom. The number of H-pyrrole nitrogens is 1. The molecule has 26 heavy (non-hydrogen) atoms. The van der Waals surface area contributed by atoms with Crippen molar-refractivity contribution in [2.75, 3.05) is 18.6 Å². The summed E-state index contributed by atoms with van der Waals surface area (Å²) in [6.45, 7) is 4.44. The van der Waals surface area contributed by atoms with Crippen molar-refractivity contribution in [3.63, 3.8) is 0 Å². The van der Waals surface area contributed by atoms with Gasteiger partial charge in [-0.25, -0.2) is 0 Å². The van der Waals surface area contributed by atoms with Crippen LogP contribution in [0.4, 0.5) is 5.69 Å². The number of benzene rings is 1. The van der Waals surface area contributed by atoms with Gasteiger partial charge in [-0.15, -0.1) is 0 Å². The highest BCUT2D eigenvalue weighted by Crippen LogP contribution is 2.24. The Morgan fingerprint density at radius 1 is 1.35 bits per heavy atom. The molecule has 138 valence electrons. The molecule has 1 fully saturated rings. The highest BCUT2D eigenvalue weighted by Gasteiger charge is 2.31. The molecule has 1 aliphatic heterocycles. The van der Waals surface area contributed by atoms with Crippen molar-refractivity contribution in [2.45, 2.75) is 39.2 Å². The number of aromatic amines is 1. The number of carbonyl (C=O) groups is 2. The van der Waals surface area contributed by atoms with Gasteiger partial charge in [0.1, 0.15) is 5.75 Å². The predicted molar refractivity (Wildman–Crippen MR) is 98.3 cm³/mol. The molecule has 0 unspecified atom stereocenters. The minimum absolute atomic E-state index is 0.0132. The molecule has 1 saturated heterocycles. The van der Waals surface area contributed by atoms with Crippen molar-refractivity contribution in [3.05, 3.63) is 41.2 Å². The maximum atomic E-state index is 12.3. The van der Waals surface area contributed by atoms with Gasteiger partial charge in [0.25, 0.3) is 0 Å².